The summed E-state index contributed by atoms with van der Waals surface area (Å²) in [5.74, 6) is 0.631. The van der Waals surface area contributed by atoms with Gasteiger partial charge in [0.15, 0.2) is 0 Å². The van der Waals surface area contributed by atoms with E-state index in [0.29, 0.717) is 5.92 Å². The molecule has 1 aromatic carbocycles. The van der Waals surface area contributed by atoms with Crippen LogP contribution in [0, 0.1) is 5.92 Å². The minimum Gasteiger partial charge on any atom is -0.309 e. The lowest BCUT2D eigenvalue weighted by atomic mass is 10.1. The number of rotatable bonds is 5. The lowest BCUT2D eigenvalue weighted by molar-refractivity contribution is 0.201. The van der Waals surface area contributed by atoms with E-state index in [1.54, 1.807) is 0 Å². The van der Waals surface area contributed by atoms with Crippen molar-refractivity contribution in [3.63, 3.8) is 0 Å². The second-order valence-electron chi connectivity index (χ2n) is 6.60. The van der Waals surface area contributed by atoms with E-state index in [1.807, 2.05) is 6.20 Å². The van der Waals surface area contributed by atoms with E-state index in [4.69, 9.17) is 0 Å². The Kier molecular flexibility index (Phi) is 4.90. The number of nitrogens with zero attached hydrogens (tertiary/aromatic N) is 4. The predicted octanol–water partition coefficient (Wildman–Crippen LogP) is 2.12. The summed E-state index contributed by atoms with van der Waals surface area (Å²) in [5.41, 5.74) is 2.76. The first kappa shape index (κ1) is 15.3. The SMILES string of the molecule is CN(C)C[C@H]1CN(CCc2ccccc2)Cc2ccnn2C1. The van der Waals surface area contributed by atoms with Crippen molar-refractivity contribution in [3.05, 3.63) is 53.9 Å². The van der Waals surface area contributed by atoms with Crippen LogP contribution in [0.5, 0.6) is 0 Å². The van der Waals surface area contributed by atoms with Gasteiger partial charge in [-0.3, -0.25) is 9.58 Å². The average Bonchev–Trinajstić information content (AvgIpc) is 2.85. The van der Waals surface area contributed by atoms with Gasteiger partial charge in [-0.25, -0.2) is 0 Å². The monoisotopic (exact) mass is 298 g/mol. The van der Waals surface area contributed by atoms with Gasteiger partial charge in [-0.1, -0.05) is 30.3 Å². The normalized spacial score (nSPS) is 19.1. The molecule has 118 valence electrons. The lowest BCUT2D eigenvalue weighted by Gasteiger charge is -2.25. The van der Waals surface area contributed by atoms with Crippen molar-refractivity contribution in [2.45, 2.75) is 19.5 Å². The third kappa shape index (κ3) is 3.96. The molecule has 1 aliphatic heterocycles. The van der Waals surface area contributed by atoms with Crippen molar-refractivity contribution in [1.29, 1.82) is 0 Å². The molecule has 0 N–H and O–H groups in total. The molecule has 0 saturated carbocycles. The molecule has 0 unspecified atom stereocenters. The highest BCUT2D eigenvalue weighted by atomic mass is 15.3. The molecule has 22 heavy (non-hydrogen) atoms. The van der Waals surface area contributed by atoms with Crippen LogP contribution < -0.4 is 0 Å². The van der Waals surface area contributed by atoms with Gasteiger partial charge >= 0.3 is 0 Å². The Labute approximate surface area is 133 Å². The number of aromatic nitrogens is 2. The van der Waals surface area contributed by atoms with Gasteiger partial charge in [0, 0.05) is 44.8 Å². The quantitative estimate of drug-likeness (QED) is 0.845. The van der Waals surface area contributed by atoms with E-state index >= 15 is 0 Å². The van der Waals surface area contributed by atoms with Gasteiger partial charge in [0.2, 0.25) is 0 Å². The van der Waals surface area contributed by atoms with Gasteiger partial charge in [-0.05, 0) is 32.1 Å². The highest BCUT2D eigenvalue weighted by Crippen LogP contribution is 2.17. The van der Waals surface area contributed by atoms with E-state index in [9.17, 15) is 0 Å². The Morgan fingerprint density at radius 1 is 1.14 bits per heavy atom. The molecule has 0 fully saturated rings. The second kappa shape index (κ2) is 7.07. The third-order valence-electron chi connectivity index (χ3n) is 4.32. The van der Waals surface area contributed by atoms with Gasteiger partial charge < -0.3 is 4.90 Å². The first-order valence-electron chi connectivity index (χ1n) is 8.12. The minimum absolute atomic E-state index is 0.631. The highest BCUT2D eigenvalue weighted by Gasteiger charge is 2.22. The van der Waals surface area contributed by atoms with Crippen LogP contribution in [-0.4, -0.2) is 53.3 Å². The first-order chi connectivity index (χ1) is 10.7. The van der Waals surface area contributed by atoms with E-state index in [0.717, 1.165) is 39.1 Å². The van der Waals surface area contributed by atoms with Crippen molar-refractivity contribution in [1.82, 2.24) is 19.6 Å². The first-order valence-corrected chi connectivity index (χ1v) is 8.12. The largest absolute Gasteiger partial charge is 0.309 e. The third-order valence-corrected chi connectivity index (χ3v) is 4.32. The van der Waals surface area contributed by atoms with Crippen LogP contribution in [0.15, 0.2) is 42.6 Å². The topological polar surface area (TPSA) is 24.3 Å². The zero-order chi connectivity index (χ0) is 15.4. The molecular formula is C18H26N4. The fraction of sp³-hybridized carbons (Fsp3) is 0.500. The fourth-order valence-electron chi connectivity index (χ4n) is 3.35. The van der Waals surface area contributed by atoms with E-state index < -0.39 is 0 Å². The summed E-state index contributed by atoms with van der Waals surface area (Å²) in [7, 11) is 4.31. The molecule has 0 amide bonds. The van der Waals surface area contributed by atoms with Crippen molar-refractivity contribution in [3.8, 4) is 0 Å². The van der Waals surface area contributed by atoms with Crippen molar-refractivity contribution in [2.24, 2.45) is 5.92 Å². The number of benzene rings is 1. The molecular weight excluding hydrogens is 272 g/mol. The molecule has 0 spiro atoms. The zero-order valence-electron chi connectivity index (χ0n) is 13.7. The fourth-order valence-corrected chi connectivity index (χ4v) is 3.35. The molecule has 4 nitrogen and oxygen atoms in total. The molecule has 0 radical (unpaired) electrons. The molecule has 0 aliphatic carbocycles. The Balaban J connectivity index is 1.67. The number of fused-ring (bicyclic) bond motifs is 1. The van der Waals surface area contributed by atoms with Gasteiger partial charge in [-0.2, -0.15) is 5.10 Å². The summed E-state index contributed by atoms with van der Waals surface area (Å²) in [4.78, 5) is 4.87. The second-order valence-corrected chi connectivity index (χ2v) is 6.60. The average molecular weight is 298 g/mol. The predicted molar refractivity (Wildman–Crippen MR) is 89.7 cm³/mol. The van der Waals surface area contributed by atoms with Crippen LogP contribution in [0.1, 0.15) is 11.3 Å². The van der Waals surface area contributed by atoms with Crippen molar-refractivity contribution < 1.29 is 0 Å². The van der Waals surface area contributed by atoms with E-state index in [-0.39, 0.29) is 0 Å². The summed E-state index contributed by atoms with van der Waals surface area (Å²) in [6, 6.07) is 12.9. The van der Waals surface area contributed by atoms with Gasteiger partial charge in [0.05, 0.1) is 5.69 Å². The molecule has 2 heterocycles. The van der Waals surface area contributed by atoms with Gasteiger partial charge in [0.1, 0.15) is 0 Å². The minimum atomic E-state index is 0.631. The lowest BCUT2D eigenvalue weighted by Crippen LogP contribution is -2.34. The summed E-state index contributed by atoms with van der Waals surface area (Å²) in [5, 5.41) is 4.50. The summed E-state index contributed by atoms with van der Waals surface area (Å²) in [6.07, 6.45) is 3.05. The maximum atomic E-state index is 4.50. The molecule has 4 heteroatoms. The van der Waals surface area contributed by atoms with Crippen LogP contribution in [0.4, 0.5) is 0 Å². The molecule has 2 aromatic rings. The van der Waals surface area contributed by atoms with Crippen LogP contribution >= 0.6 is 0 Å². The van der Waals surface area contributed by atoms with Crippen LogP contribution in [0.2, 0.25) is 0 Å². The summed E-state index contributed by atoms with van der Waals surface area (Å²) in [6.45, 7) is 5.41. The summed E-state index contributed by atoms with van der Waals surface area (Å²) >= 11 is 0. The summed E-state index contributed by atoms with van der Waals surface area (Å²) < 4.78 is 2.19. The Morgan fingerprint density at radius 2 is 1.95 bits per heavy atom. The number of hydrogen-bond acceptors (Lipinski definition) is 3. The van der Waals surface area contributed by atoms with Gasteiger partial charge in [0.25, 0.3) is 0 Å². The van der Waals surface area contributed by atoms with E-state index in [2.05, 4.69) is 70.1 Å². The van der Waals surface area contributed by atoms with Crippen LogP contribution in [-0.2, 0) is 19.5 Å². The maximum Gasteiger partial charge on any atom is 0.0524 e. The molecule has 1 aromatic heterocycles. The maximum absolute atomic E-state index is 4.50. The van der Waals surface area contributed by atoms with Crippen LogP contribution in [0.3, 0.4) is 0 Å². The number of hydrogen-bond donors (Lipinski definition) is 0. The standard InChI is InChI=1S/C18H26N4/c1-20(2)12-17-13-21(11-9-16-6-4-3-5-7-16)15-18-8-10-19-22(18)14-17/h3-8,10,17H,9,11-15H2,1-2H3/t17-/m0/s1. The van der Waals surface area contributed by atoms with Gasteiger partial charge in [-0.15, -0.1) is 0 Å². The van der Waals surface area contributed by atoms with Crippen molar-refractivity contribution in [2.75, 3.05) is 33.7 Å². The Hall–Kier alpha value is -1.65. The Morgan fingerprint density at radius 3 is 2.73 bits per heavy atom. The van der Waals surface area contributed by atoms with E-state index in [1.165, 1.54) is 11.3 Å². The molecule has 3 rings (SSSR count). The highest BCUT2D eigenvalue weighted by molar-refractivity contribution is 5.15. The zero-order valence-corrected chi connectivity index (χ0v) is 13.7. The molecule has 0 saturated heterocycles. The van der Waals surface area contributed by atoms with Crippen molar-refractivity contribution >= 4 is 0 Å². The smallest absolute Gasteiger partial charge is 0.0524 e. The van der Waals surface area contributed by atoms with Crippen LogP contribution in [0.25, 0.3) is 0 Å². The molecule has 0 bridgehead atoms. The Bertz CT molecular complexity index is 576. The molecule has 1 atom stereocenters. The molecule has 1 aliphatic rings.